The number of ether oxygens (including phenoxy) is 1. The van der Waals surface area contributed by atoms with Gasteiger partial charge in [0.2, 0.25) is 5.91 Å². The first-order chi connectivity index (χ1) is 11.5. The van der Waals surface area contributed by atoms with Crippen molar-refractivity contribution in [1.29, 1.82) is 0 Å². The van der Waals surface area contributed by atoms with E-state index in [1.54, 1.807) is 12.0 Å². The Morgan fingerprint density at radius 1 is 1.33 bits per heavy atom. The van der Waals surface area contributed by atoms with Crippen LogP contribution in [-0.4, -0.2) is 63.7 Å². The molecule has 0 unspecified atom stereocenters. The third kappa shape index (κ3) is 5.13. The third-order valence-electron chi connectivity index (χ3n) is 3.91. The monoisotopic (exact) mass is 334 g/mol. The van der Waals surface area contributed by atoms with Gasteiger partial charge >= 0.3 is 6.03 Å². The van der Waals surface area contributed by atoms with Crippen LogP contribution in [0.5, 0.6) is 5.75 Å². The maximum atomic E-state index is 12.2. The van der Waals surface area contributed by atoms with E-state index in [2.05, 4.69) is 15.5 Å². The topological polar surface area (TPSA) is 73.9 Å². The molecule has 0 spiro atoms. The zero-order valence-electron chi connectivity index (χ0n) is 14.5. The average Bonchev–Trinajstić information content (AvgIpc) is 2.92. The molecule has 0 saturated carbocycles. The molecule has 1 atom stereocenters. The largest absolute Gasteiger partial charge is 0.497 e. The molecule has 3 amide bonds. The van der Waals surface area contributed by atoms with E-state index in [0.29, 0.717) is 19.5 Å². The van der Waals surface area contributed by atoms with Crippen molar-refractivity contribution in [2.45, 2.75) is 18.9 Å². The van der Waals surface area contributed by atoms with Crippen LogP contribution in [-0.2, 0) is 4.79 Å². The van der Waals surface area contributed by atoms with Crippen LogP contribution in [0.25, 0.3) is 0 Å². The first kappa shape index (κ1) is 18.1. The van der Waals surface area contributed by atoms with Crippen molar-refractivity contribution in [2.24, 2.45) is 0 Å². The van der Waals surface area contributed by atoms with Gasteiger partial charge in [-0.3, -0.25) is 4.79 Å². The number of nitrogens with one attached hydrogen (secondary N) is 2. The zero-order chi connectivity index (χ0) is 17.5. The summed E-state index contributed by atoms with van der Waals surface area (Å²) >= 11 is 0. The van der Waals surface area contributed by atoms with Crippen molar-refractivity contribution in [3.05, 3.63) is 24.3 Å². The van der Waals surface area contributed by atoms with E-state index < -0.39 is 0 Å². The summed E-state index contributed by atoms with van der Waals surface area (Å²) in [7, 11) is 5.60. The normalized spacial score (nSPS) is 17.2. The van der Waals surface area contributed by atoms with Crippen LogP contribution >= 0.6 is 0 Å². The number of amides is 3. The van der Waals surface area contributed by atoms with Crippen LogP contribution in [0.15, 0.2) is 24.3 Å². The number of carbonyl (C=O) groups excluding carboxylic acids is 2. The first-order valence-electron chi connectivity index (χ1n) is 8.13. The molecule has 7 nitrogen and oxygen atoms in total. The second-order valence-corrected chi connectivity index (χ2v) is 6.16. The van der Waals surface area contributed by atoms with E-state index in [0.717, 1.165) is 24.4 Å². The van der Waals surface area contributed by atoms with E-state index >= 15 is 0 Å². The molecule has 132 valence electrons. The minimum atomic E-state index is -0.219. The Morgan fingerprint density at radius 2 is 2.04 bits per heavy atom. The number of benzene rings is 1. The molecule has 1 heterocycles. The van der Waals surface area contributed by atoms with Crippen molar-refractivity contribution in [3.8, 4) is 5.75 Å². The van der Waals surface area contributed by atoms with Gasteiger partial charge in [-0.2, -0.15) is 0 Å². The SMILES string of the molecule is COc1ccc(N2C[C@H](NC(=O)NCCCN(C)C)CC2=O)cc1. The van der Waals surface area contributed by atoms with E-state index in [4.69, 9.17) is 4.74 Å². The number of anilines is 1. The molecule has 1 aliphatic heterocycles. The quantitative estimate of drug-likeness (QED) is 0.731. The van der Waals surface area contributed by atoms with Crippen molar-refractivity contribution < 1.29 is 14.3 Å². The van der Waals surface area contributed by atoms with Gasteiger partial charge in [-0.15, -0.1) is 0 Å². The third-order valence-corrected chi connectivity index (χ3v) is 3.91. The lowest BCUT2D eigenvalue weighted by molar-refractivity contribution is -0.117. The average molecular weight is 334 g/mol. The minimum absolute atomic E-state index is 0.0121. The van der Waals surface area contributed by atoms with E-state index in [-0.39, 0.29) is 18.0 Å². The van der Waals surface area contributed by atoms with Gasteiger partial charge in [-0.1, -0.05) is 0 Å². The molecule has 2 rings (SSSR count). The van der Waals surface area contributed by atoms with Crippen molar-refractivity contribution in [2.75, 3.05) is 45.7 Å². The van der Waals surface area contributed by atoms with E-state index in [1.807, 2.05) is 38.4 Å². The summed E-state index contributed by atoms with van der Waals surface area (Å²) in [5, 5.41) is 5.70. The molecule has 1 aliphatic rings. The second-order valence-electron chi connectivity index (χ2n) is 6.16. The zero-order valence-corrected chi connectivity index (χ0v) is 14.5. The molecule has 0 bridgehead atoms. The molecule has 2 N–H and O–H groups in total. The molecule has 7 heteroatoms. The van der Waals surface area contributed by atoms with Gasteiger partial charge in [0.25, 0.3) is 0 Å². The van der Waals surface area contributed by atoms with Gasteiger partial charge in [-0.05, 0) is 51.3 Å². The lowest BCUT2D eigenvalue weighted by Gasteiger charge is -2.18. The molecule has 0 radical (unpaired) electrons. The first-order valence-corrected chi connectivity index (χ1v) is 8.13. The number of hydrogen-bond acceptors (Lipinski definition) is 4. The van der Waals surface area contributed by atoms with Crippen LogP contribution in [0.4, 0.5) is 10.5 Å². The Hall–Kier alpha value is -2.28. The number of hydrogen-bond donors (Lipinski definition) is 2. The minimum Gasteiger partial charge on any atom is -0.497 e. The number of urea groups is 1. The molecule has 1 aromatic rings. The highest BCUT2D eigenvalue weighted by Crippen LogP contribution is 2.24. The number of nitrogens with zero attached hydrogens (tertiary/aromatic N) is 2. The molecular formula is C17H26N4O3. The molecular weight excluding hydrogens is 308 g/mol. The molecule has 1 aromatic carbocycles. The highest BCUT2D eigenvalue weighted by Gasteiger charge is 2.31. The van der Waals surface area contributed by atoms with Crippen LogP contribution in [0.2, 0.25) is 0 Å². The Bertz CT molecular complexity index is 559. The summed E-state index contributed by atoms with van der Waals surface area (Å²) in [4.78, 5) is 27.8. The van der Waals surface area contributed by atoms with Crippen molar-refractivity contribution in [1.82, 2.24) is 15.5 Å². The van der Waals surface area contributed by atoms with E-state index in [1.165, 1.54) is 0 Å². The van der Waals surface area contributed by atoms with Gasteiger partial charge in [-0.25, -0.2) is 4.79 Å². The van der Waals surface area contributed by atoms with Gasteiger partial charge in [0.15, 0.2) is 0 Å². The fourth-order valence-corrected chi connectivity index (χ4v) is 2.65. The summed E-state index contributed by atoms with van der Waals surface area (Å²) in [6.07, 6.45) is 1.21. The number of methoxy groups -OCH3 is 1. The Labute approximate surface area is 142 Å². The lowest BCUT2D eigenvalue weighted by atomic mass is 10.2. The summed E-state index contributed by atoms with van der Waals surface area (Å²) in [6, 6.07) is 6.94. The highest BCUT2D eigenvalue weighted by molar-refractivity contribution is 5.96. The van der Waals surface area contributed by atoms with Crippen LogP contribution in [0.1, 0.15) is 12.8 Å². The van der Waals surface area contributed by atoms with Gasteiger partial charge in [0.1, 0.15) is 5.75 Å². The van der Waals surface area contributed by atoms with Crippen LogP contribution < -0.4 is 20.3 Å². The molecule has 0 aromatic heterocycles. The summed E-state index contributed by atoms with van der Waals surface area (Å²) in [5.74, 6) is 0.759. The smallest absolute Gasteiger partial charge is 0.315 e. The Balaban J connectivity index is 1.80. The number of rotatable bonds is 7. The summed E-state index contributed by atoms with van der Waals surface area (Å²) in [5.41, 5.74) is 0.816. The van der Waals surface area contributed by atoms with Gasteiger partial charge in [0.05, 0.1) is 13.2 Å². The van der Waals surface area contributed by atoms with Gasteiger partial charge in [0, 0.05) is 25.2 Å². The van der Waals surface area contributed by atoms with Gasteiger partial charge < -0.3 is 25.2 Å². The molecule has 24 heavy (non-hydrogen) atoms. The summed E-state index contributed by atoms with van der Waals surface area (Å²) < 4.78 is 5.12. The number of carbonyl (C=O) groups is 2. The predicted molar refractivity (Wildman–Crippen MR) is 93.5 cm³/mol. The van der Waals surface area contributed by atoms with Crippen molar-refractivity contribution in [3.63, 3.8) is 0 Å². The summed E-state index contributed by atoms with van der Waals surface area (Å²) in [6.45, 7) is 2.02. The maximum absolute atomic E-state index is 12.2. The molecule has 1 fully saturated rings. The fraction of sp³-hybridized carbons (Fsp3) is 0.529. The van der Waals surface area contributed by atoms with Crippen LogP contribution in [0.3, 0.4) is 0 Å². The van der Waals surface area contributed by atoms with E-state index in [9.17, 15) is 9.59 Å². The molecule has 0 aliphatic carbocycles. The fourth-order valence-electron chi connectivity index (χ4n) is 2.65. The highest BCUT2D eigenvalue weighted by atomic mass is 16.5. The Kier molecular flexibility index (Phi) is 6.43. The second kappa shape index (κ2) is 8.54. The predicted octanol–water partition coefficient (Wildman–Crippen LogP) is 1.05. The van der Waals surface area contributed by atoms with Crippen LogP contribution in [0, 0.1) is 0 Å². The van der Waals surface area contributed by atoms with Crippen molar-refractivity contribution >= 4 is 17.6 Å². The maximum Gasteiger partial charge on any atom is 0.315 e. The Morgan fingerprint density at radius 3 is 2.67 bits per heavy atom. The standard InChI is InChI=1S/C17H26N4O3/c1-20(2)10-4-9-18-17(23)19-13-11-16(22)21(12-13)14-5-7-15(24-3)8-6-14/h5-8,13H,4,9-12H2,1-3H3,(H2,18,19,23)/t13-/m1/s1. The lowest BCUT2D eigenvalue weighted by Crippen LogP contribution is -2.43. The molecule has 1 saturated heterocycles.